The Kier molecular flexibility index (Phi) is 29.7. The molecule has 0 saturated carbocycles. The molecule has 0 fully saturated rings. The number of pyridine rings is 1. The molecule has 0 spiro atoms. The monoisotopic (exact) mass is 654 g/mol. The molecule has 1 aliphatic carbocycles. The highest BCUT2D eigenvalue weighted by Crippen LogP contribution is 2.19. The first-order valence-electron chi connectivity index (χ1n) is 17.3. The van der Waals surface area contributed by atoms with Gasteiger partial charge in [-0.25, -0.2) is 4.39 Å². The van der Waals surface area contributed by atoms with E-state index >= 15 is 0 Å². The molecule has 2 rings (SSSR count). The predicted octanol–water partition coefficient (Wildman–Crippen LogP) is 7.69. The summed E-state index contributed by atoms with van der Waals surface area (Å²) >= 11 is 0. The Labute approximate surface area is 285 Å². The maximum absolute atomic E-state index is 12.1. The van der Waals surface area contributed by atoms with Crippen molar-refractivity contribution < 1.29 is 14.0 Å². The SMILES string of the molecule is CC.CC.CCCCCN(CC/C=C\C=C/CF)CCCC(=O)N(CC)CC.N=C(C1=C(N)C=CC(C(N)=O)=CC1)c1ccncc1. The zero-order valence-corrected chi connectivity index (χ0v) is 30.2. The summed E-state index contributed by atoms with van der Waals surface area (Å²) < 4.78 is 12.0. The van der Waals surface area contributed by atoms with Gasteiger partial charge in [0.25, 0.3) is 0 Å². The molecule has 47 heavy (non-hydrogen) atoms. The summed E-state index contributed by atoms with van der Waals surface area (Å²) in [6, 6.07) is 3.49. The standard InChI is InChI=1S/C20H37FN2O.C14H14N4O.2C2H6/c1-4-7-12-17-22(18-13-10-8-9-11-16-21)19-14-15-20(24)23(5-2)6-3;15-12-4-2-10(14(17)19)1-3-11(12)13(16)9-5-7-18-8-6-9;2*1-2/h8-11H,4-7,12-19H2,1-3H3;1-2,4-8,16H,3,15H2,(H2,17,19);2*1-2H3/b10-8-,11-9-;;;. The highest BCUT2D eigenvalue weighted by Gasteiger charge is 2.14. The van der Waals surface area contributed by atoms with E-state index in [1.807, 2.05) is 52.5 Å². The van der Waals surface area contributed by atoms with E-state index in [2.05, 4.69) is 22.9 Å². The van der Waals surface area contributed by atoms with Crippen LogP contribution >= 0.6 is 0 Å². The number of rotatable bonds is 18. The van der Waals surface area contributed by atoms with Gasteiger partial charge in [-0.05, 0) is 76.9 Å². The van der Waals surface area contributed by atoms with Crippen LogP contribution in [0.2, 0.25) is 0 Å². The van der Waals surface area contributed by atoms with Gasteiger partial charge < -0.3 is 21.3 Å². The number of alkyl halides is 1. The summed E-state index contributed by atoms with van der Waals surface area (Å²) in [5.41, 5.74) is 13.8. The summed E-state index contributed by atoms with van der Waals surface area (Å²) in [4.78, 5) is 31.5. The molecule has 264 valence electrons. The predicted molar refractivity (Wildman–Crippen MR) is 198 cm³/mol. The molecule has 1 aliphatic rings. The molecule has 0 aliphatic heterocycles. The fourth-order valence-corrected chi connectivity index (χ4v) is 4.47. The van der Waals surface area contributed by atoms with E-state index in [4.69, 9.17) is 16.9 Å². The van der Waals surface area contributed by atoms with Crippen LogP contribution in [0.25, 0.3) is 0 Å². The Morgan fingerprint density at radius 1 is 0.936 bits per heavy atom. The molecule has 5 N–H and O–H groups in total. The Balaban J connectivity index is 0. The van der Waals surface area contributed by atoms with Crippen molar-refractivity contribution in [3.63, 3.8) is 0 Å². The fraction of sp³-hybridized carbons (Fsp3) is 0.526. The number of amides is 2. The summed E-state index contributed by atoms with van der Waals surface area (Å²) in [6.07, 6.45) is 22.0. The molecule has 0 radical (unpaired) electrons. The number of hydrogen-bond acceptors (Lipinski definition) is 6. The molecule has 8 nitrogen and oxygen atoms in total. The highest BCUT2D eigenvalue weighted by molar-refractivity contribution is 6.11. The van der Waals surface area contributed by atoms with E-state index in [0.717, 1.165) is 51.1 Å². The van der Waals surface area contributed by atoms with Crippen LogP contribution in [-0.2, 0) is 9.59 Å². The number of nitrogens with zero attached hydrogens (tertiary/aromatic N) is 3. The normalized spacial score (nSPS) is 12.3. The van der Waals surface area contributed by atoms with Crippen molar-refractivity contribution in [2.45, 2.75) is 93.4 Å². The molecule has 1 aromatic heterocycles. The number of halogens is 1. The Bertz CT molecular complexity index is 1140. The van der Waals surface area contributed by atoms with Crippen LogP contribution in [-0.4, -0.2) is 71.7 Å². The number of primary amides is 1. The van der Waals surface area contributed by atoms with Gasteiger partial charge in [0.15, 0.2) is 0 Å². The van der Waals surface area contributed by atoms with Crippen LogP contribution in [0.4, 0.5) is 4.39 Å². The lowest BCUT2D eigenvalue weighted by atomic mass is 9.99. The van der Waals surface area contributed by atoms with Crippen molar-refractivity contribution in [3.05, 3.63) is 89.5 Å². The summed E-state index contributed by atoms with van der Waals surface area (Å²) in [6.45, 7) is 18.5. The van der Waals surface area contributed by atoms with Gasteiger partial charge in [-0.15, -0.1) is 0 Å². The van der Waals surface area contributed by atoms with Crippen LogP contribution < -0.4 is 11.5 Å². The molecular formula is C38H63FN6O2. The second kappa shape index (κ2) is 30.8. The third kappa shape index (κ3) is 20.8. The quantitative estimate of drug-likeness (QED) is 0.0849. The van der Waals surface area contributed by atoms with Gasteiger partial charge in [0.1, 0.15) is 6.67 Å². The van der Waals surface area contributed by atoms with Gasteiger partial charge in [0.2, 0.25) is 11.8 Å². The lowest BCUT2D eigenvalue weighted by Gasteiger charge is -2.23. The maximum Gasteiger partial charge on any atom is 0.248 e. The van der Waals surface area contributed by atoms with Crippen molar-refractivity contribution in [1.82, 2.24) is 14.8 Å². The molecule has 1 heterocycles. The van der Waals surface area contributed by atoms with Gasteiger partial charge in [0.05, 0.1) is 5.71 Å². The molecule has 1 aromatic rings. The second-order valence-corrected chi connectivity index (χ2v) is 10.1. The molecular weight excluding hydrogens is 591 g/mol. The summed E-state index contributed by atoms with van der Waals surface area (Å²) in [7, 11) is 0. The van der Waals surface area contributed by atoms with Crippen molar-refractivity contribution in [3.8, 4) is 0 Å². The highest BCUT2D eigenvalue weighted by atomic mass is 19.1. The number of hydrogen-bond donors (Lipinski definition) is 3. The fourth-order valence-electron chi connectivity index (χ4n) is 4.47. The minimum atomic E-state index is -0.499. The van der Waals surface area contributed by atoms with E-state index in [0.29, 0.717) is 35.4 Å². The van der Waals surface area contributed by atoms with E-state index in [1.165, 1.54) is 25.3 Å². The minimum Gasteiger partial charge on any atom is -0.398 e. The molecule has 0 bridgehead atoms. The average Bonchev–Trinajstić information content (AvgIpc) is 3.30. The van der Waals surface area contributed by atoms with Crippen LogP contribution in [0.5, 0.6) is 0 Å². The lowest BCUT2D eigenvalue weighted by Crippen LogP contribution is -2.32. The number of carbonyl (C=O) groups excluding carboxylic acids is 2. The Hall–Kier alpha value is -3.85. The number of allylic oxidation sites excluding steroid dienone is 6. The van der Waals surface area contributed by atoms with E-state index in [-0.39, 0.29) is 5.91 Å². The van der Waals surface area contributed by atoms with E-state index in [9.17, 15) is 14.0 Å². The topological polar surface area (TPSA) is 129 Å². The lowest BCUT2D eigenvalue weighted by molar-refractivity contribution is -0.131. The van der Waals surface area contributed by atoms with Crippen molar-refractivity contribution >= 4 is 17.5 Å². The second-order valence-electron chi connectivity index (χ2n) is 10.1. The number of unbranched alkanes of at least 4 members (excludes halogenated alkanes) is 2. The summed E-state index contributed by atoms with van der Waals surface area (Å²) in [5, 5.41) is 8.18. The molecule has 0 unspecified atom stereocenters. The first-order valence-corrected chi connectivity index (χ1v) is 17.3. The van der Waals surface area contributed by atoms with Gasteiger partial charge in [-0.2, -0.15) is 0 Å². The number of nitrogens with one attached hydrogen (secondary N) is 1. The smallest absolute Gasteiger partial charge is 0.248 e. The van der Waals surface area contributed by atoms with Crippen molar-refractivity contribution in [2.24, 2.45) is 11.5 Å². The largest absolute Gasteiger partial charge is 0.398 e. The third-order valence-corrected chi connectivity index (χ3v) is 7.02. The van der Waals surface area contributed by atoms with Gasteiger partial charge in [0, 0.05) is 60.9 Å². The molecule has 0 saturated heterocycles. The minimum absolute atomic E-state index is 0.268. The van der Waals surface area contributed by atoms with Gasteiger partial charge in [-0.3, -0.25) is 20.0 Å². The van der Waals surface area contributed by atoms with E-state index in [1.54, 1.807) is 48.8 Å². The van der Waals surface area contributed by atoms with Crippen LogP contribution in [0.15, 0.2) is 83.9 Å². The Morgan fingerprint density at radius 3 is 2.13 bits per heavy atom. The first kappa shape index (κ1) is 45.3. The van der Waals surface area contributed by atoms with Gasteiger partial charge in [-0.1, -0.05) is 77.8 Å². The third-order valence-electron chi connectivity index (χ3n) is 7.02. The zero-order chi connectivity index (χ0) is 35.9. The maximum atomic E-state index is 12.1. The average molecular weight is 655 g/mol. The van der Waals surface area contributed by atoms with Crippen LogP contribution in [0.3, 0.4) is 0 Å². The van der Waals surface area contributed by atoms with Crippen LogP contribution in [0, 0.1) is 5.41 Å². The molecule has 9 heteroatoms. The van der Waals surface area contributed by atoms with Crippen LogP contribution in [0.1, 0.15) is 99.0 Å². The molecule has 2 amide bonds. The van der Waals surface area contributed by atoms with Crippen molar-refractivity contribution in [1.29, 1.82) is 5.41 Å². The first-order chi connectivity index (χ1) is 22.8. The Morgan fingerprint density at radius 2 is 1.55 bits per heavy atom. The number of nitrogens with two attached hydrogens (primary N) is 2. The van der Waals surface area contributed by atoms with E-state index < -0.39 is 12.6 Å². The molecule has 0 aromatic carbocycles. The number of aromatic nitrogens is 1. The number of carbonyl (C=O) groups is 2. The van der Waals surface area contributed by atoms with Gasteiger partial charge >= 0.3 is 0 Å². The summed E-state index contributed by atoms with van der Waals surface area (Å²) in [5.74, 6) is -0.231. The molecule has 0 atom stereocenters. The zero-order valence-electron chi connectivity index (χ0n) is 30.2. The van der Waals surface area contributed by atoms with Crippen molar-refractivity contribution in [2.75, 3.05) is 39.4 Å².